The predicted molar refractivity (Wildman–Crippen MR) is 84.6 cm³/mol. The Morgan fingerprint density at radius 1 is 1.17 bits per heavy atom. The third-order valence-corrected chi connectivity index (χ3v) is 3.60. The fourth-order valence-corrected chi connectivity index (χ4v) is 2.57. The van der Waals surface area contributed by atoms with Crippen LogP contribution in [0.5, 0.6) is 0 Å². The number of benzene rings is 2. The molecule has 8 heteroatoms. The van der Waals surface area contributed by atoms with Crippen LogP contribution < -0.4 is 5.43 Å². The average Bonchev–Trinajstić information content (AvgIpc) is 2.59. The number of nitrogens with zero attached hydrogens (tertiary/aromatic N) is 3. The van der Waals surface area contributed by atoms with Crippen LogP contribution in [0.15, 0.2) is 50.8 Å². The fourth-order valence-electron chi connectivity index (χ4n) is 2.57. The van der Waals surface area contributed by atoms with E-state index >= 15 is 0 Å². The molecule has 0 unspecified atom stereocenters. The lowest BCUT2D eigenvalue weighted by Gasteiger charge is -2.10. The molecule has 0 bridgehead atoms. The maximum Gasteiger partial charge on any atom is 0.354 e. The Morgan fingerprint density at radius 2 is 1.96 bits per heavy atom. The number of pyridine rings is 1. The molecule has 0 amide bonds. The molecule has 0 saturated heterocycles. The lowest BCUT2D eigenvalue weighted by molar-refractivity contribution is 0.0691. The first-order chi connectivity index (χ1) is 11.6. The normalized spacial score (nSPS) is 11.2. The summed E-state index contributed by atoms with van der Waals surface area (Å²) in [6, 6.07) is 9.11. The number of nitroso groups, excluding NO2 is 1. The number of carbonyl (C=O) groups is 1. The monoisotopic (exact) mass is 321 g/mol. The number of fused-ring (bicyclic) bond motifs is 4. The molecule has 0 spiro atoms. The third-order valence-electron chi connectivity index (χ3n) is 3.60. The zero-order chi connectivity index (χ0) is 16.8. The standard InChI is InChI=1S/C16H7N3O5/c20-10-6-12-15(17-7-3-1-2-4-11(7)24-12)13-8(19-23)5-9(16(21)22)18-14(10)13/h1-6H,(H,21,22). The second-order valence-corrected chi connectivity index (χ2v) is 5.05. The summed E-state index contributed by atoms with van der Waals surface area (Å²) in [4.78, 5) is 42.8. The van der Waals surface area contributed by atoms with E-state index in [9.17, 15) is 14.5 Å². The summed E-state index contributed by atoms with van der Waals surface area (Å²) in [5.74, 6) is -1.20. The van der Waals surface area contributed by atoms with Crippen LogP contribution in [0.2, 0.25) is 0 Å². The molecule has 0 fully saturated rings. The zero-order valence-corrected chi connectivity index (χ0v) is 11.9. The quantitative estimate of drug-likeness (QED) is 0.342. The first kappa shape index (κ1) is 13.9. The van der Waals surface area contributed by atoms with Gasteiger partial charge in [-0.3, -0.25) is 4.79 Å². The summed E-state index contributed by atoms with van der Waals surface area (Å²) in [5, 5.41) is 12.0. The van der Waals surface area contributed by atoms with Gasteiger partial charge < -0.3 is 9.52 Å². The molecule has 1 aliphatic heterocycles. The number of aromatic nitrogens is 2. The van der Waals surface area contributed by atoms with E-state index in [0.717, 1.165) is 6.07 Å². The van der Waals surface area contributed by atoms with Gasteiger partial charge in [0.15, 0.2) is 17.0 Å². The summed E-state index contributed by atoms with van der Waals surface area (Å²) < 4.78 is 5.66. The molecule has 1 aromatic heterocycles. The van der Waals surface area contributed by atoms with Gasteiger partial charge in [-0.25, -0.2) is 14.8 Å². The van der Waals surface area contributed by atoms with E-state index in [4.69, 9.17) is 9.52 Å². The van der Waals surface area contributed by atoms with Crippen molar-refractivity contribution in [2.45, 2.75) is 0 Å². The zero-order valence-electron chi connectivity index (χ0n) is 11.9. The highest BCUT2D eigenvalue weighted by Gasteiger charge is 2.22. The molecule has 0 radical (unpaired) electrons. The maximum absolute atomic E-state index is 12.3. The Kier molecular flexibility index (Phi) is 2.86. The Bertz CT molecular complexity index is 1180. The molecule has 0 atom stereocenters. The fraction of sp³-hybridized carbons (Fsp3) is 0. The van der Waals surface area contributed by atoms with Gasteiger partial charge in [-0.1, -0.05) is 12.1 Å². The highest BCUT2D eigenvalue weighted by atomic mass is 16.4. The molecule has 116 valence electrons. The van der Waals surface area contributed by atoms with Gasteiger partial charge in [-0.15, -0.1) is 4.91 Å². The number of rotatable bonds is 2. The minimum Gasteiger partial charge on any atom is -0.477 e. The molecule has 1 aromatic carbocycles. The van der Waals surface area contributed by atoms with Crippen LogP contribution in [0.1, 0.15) is 10.5 Å². The molecule has 2 aliphatic rings. The van der Waals surface area contributed by atoms with Crippen molar-refractivity contribution >= 4 is 33.7 Å². The van der Waals surface area contributed by atoms with Crippen molar-refractivity contribution in [3.63, 3.8) is 0 Å². The lowest BCUT2D eigenvalue weighted by atomic mass is 10.1. The van der Waals surface area contributed by atoms with Crippen LogP contribution in [0, 0.1) is 4.91 Å². The first-order valence-corrected chi connectivity index (χ1v) is 6.82. The molecule has 0 saturated carbocycles. The largest absolute Gasteiger partial charge is 0.477 e. The number of para-hydroxylation sites is 2. The van der Waals surface area contributed by atoms with Gasteiger partial charge in [-0.05, 0) is 17.3 Å². The molecule has 8 nitrogen and oxygen atoms in total. The van der Waals surface area contributed by atoms with Crippen molar-refractivity contribution < 1.29 is 14.3 Å². The highest BCUT2D eigenvalue weighted by molar-refractivity contribution is 6.04. The minimum absolute atomic E-state index is 0.0759. The van der Waals surface area contributed by atoms with Crippen molar-refractivity contribution in [2.24, 2.45) is 5.18 Å². The van der Waals surface area contributed by atoms with Gasteiger partial charge >= 0.3 is 5.97 Å². The van der Waals surface area contributed by atoms with Gasteiger partial charge in [-0.2, -0.15) is 0 Å². The van der Waals surface area contributed by atoms with Crippen molar-refractivity contribution in [2.75, 3.05) is 0 Å². The van der Waals surface area contributed by atoms with Crippen molar-refractivity contribution in [1.29, 1.82) is 0 Å². The maximum atomic E-state index is 12.3. The van der Waals surface area contributed by atoms with E-state index in [1.54, 1.807) is 24.3 Å². The average molecular weight is 321 g/mol. The number of hydrogen-bond acceptors (Lipinski definition) is 7. The van der Waals surface area contributed by atoms with E-state index in [1.165, 1.54) is 6.07 Å². The minimum atomic E-state index is -1.36. The number of aromatic carboxylic acids is 1. The van der Waals surface area contributed by atoms with Crippen molar-refractivity contribution in [3.8, 4) is 11.5 Å². The second kappa shape index (κ2) is 4.92. The van der Waals surface area contributed by atoms with Crippen molar-refractivity contribution in [3.05, 3.63) is 57.2 Å². The Balaban J connectivity index is 2.26. The van der Waals surface area contributed by atoms with Crippen LogP contribution in [0.25, 0.3) is 33.5 Å². The summed E-state index contributed by atoms with van der Waals surface area (Å²) in [6.45, 7) is 0. The molecule has 4 rings (SSSR count). The first-order valence-electron chi connectivity index (χ1n) is 6.82. The Morgan fingerprint density at radius 3 is 2.71 bits per heavy atom. The van der Waals surface area contributed by atoms with E-state index < -0.39 is 17.1 Å². The van der Waals surface area contributed by atoms with Crippen LogP contribution in [0.3, 0.4) is 0 Å². The Hall–Kier alpha value is -3.68. The number of carboxylic acid groups (broad SMARTS) is 1. The molecule has 1 N–H and O–H groups in total. The third kappa shape index (κ3) is 1.93. The molecule has 2 heterocycles. The van der Waals surface area contributed by atoms with E-state index in [0.29, 0.717) is 11.1 Å². The van der Waals surface area contributed by atoms with Gasteiger partial charge in [0.05, 0.1) is 5.39 Å². The smallest absolute Gasteiger partial charge is 0.354 e. The number of carboxylic acids is 1. The van der Waals surface area contributed by atoms with Gasteiger partial charge in [0.1, 0.15) is 22.4 Å². The molecular formula is C16H7N3O5. The molecule has 24 heavy (non-hydrogen) atoms. The van der Waals surface area contributed by atoms with Crippen LogP contribution in [-0.2, 0) is 0 Å². The molecule has 1 aliphatic carbocycles. The molecule has 2 aromatic rings. The SMILES string of the molecule is O=Nc1cc(C(=O)O)nc2c(=O)cc3oc4ccccc4nc-3c12. The van der Waals surface area contributed by atoms with E-state index in [1.807, 2.05) is 0 Å². The second-order valence-electron chi connectivity index (χ2n) is 5.05. The summed E-state index contributed by atoms with van der Waals surface area (Å²) in [5.41, 5.74) is -0.211. The van der Waals surface area contributed by atoms with E-state index in [2.05, 4.69) is 15.1 Å². The van der Waals surface area contributed by atoms with Gasteiger partial charge in [0.25, 0.3) is 0 Å². The van der Waals surface area contributed by atoms with Crippen LogP contribution >= 0.6 is 0 Å². The predicted octanol–water partition coefficient (Wildman–Crippen LogP) is 2.94. The van der Waals surface area contributed by atoms with E-state index in [-0.39, 0.29) is 28.0 Å². The van der Waals surface area contributed by atoms with Gasteiger partial charge in [0, 0.05) is 12.1 Å². The topological polar surface area (TPSA) is 123 Å². The summed E-state index contributed by atoms with van der Waals surface area (Å²) >= 11 is 0. The lowest BCUT2D eigenvalue weighted by Crippen LogP contribution is -2.09. The number of hydrogen-bond donors (Lipinski definition) is 1. The molecular weight excluding hydrogens is 314 g/mol. The van der Waals surface area contributed by atoms with Crippen LogP contribution in [-0.4, -0.2) is 21.0 Å². The Labute approximate surface area is 132 Å². The summed E-state index contributed by atoms with van der Waals surface area (Å²) in [6.07, 6.45) is 0. The summed E-state index contributed by atoms with van der Waals surface area (Å²) in [7, 11) is 0. The van der Waals surface area contributed by atoms with Gasteiger partial charge in [0.2, 0.25) is 5.43 Å². The highest BCUT2D eigenvalue weighted by Crippen LogP contribution is 2.35. The van der Waals surface area contributed by atoms with Crippen LogP contribution in [0.4, 0.5) is 5.69 Å². The van der Waals surface area contributed by atoms with Crippen molar-refractivity contribution in [1.82, 2.24) is 9.97 Å².